The Morgan fingerprint density at radius 1 is 1.38 bits per heavy atom. The molecule has 0 bridgehead atoms. The largest absolute Gasteiger partial charge is 0.478 e. The first-order valence-corrected chi connectivity index (χ1v) is 8.24. The number of carboxylic acid groups (broad SMARTS) is 1. The molecule has 0 atom stereocenters. The maximum absolute atomic E-state index is 11.0. The number of aliphatic hydroxyl groups is 1. The highest BCUT2D eigenvalue weighted by molar-refractivity contribution is 5.90. The molecule has 1 saturated heterocycles. The highest BCUT2D eigenvalue weighted by Gasteiger charge is 2.18. The molecule has 2 heterocycles. The van der Waals surface area contributed by atoms with E-state index in [9.17, 15) is 9.90 Å². The van der Waals surface area contributed by atoms with Crippen molar-refractivity contribution in [2.45, 2.75) is 39.3 Å². The predicted molar refractivity (Wildman–Crippen MR) is 95.7 cm³/mol. The number of aliphatic carboxylic acids is 1. The summed E-state index contributed by atoms with van der Waals surface area (Å²) in [7, 11) is 0. The van der Waals surface area contributed by atoms with Crippen molar-refractivity contribution in [2.24, 2.45) is 0 Å². The fourth-order valence-electron chi connectivity index (χ4n) is 3.01. The Bertz CT molecular complexity index is 662. The number of hydrogen-bond donors (Lipinski definition) is 2. The van der Waals surface area contributed by atoms with Crippen molar-refractivity contribution in [3.05, 3.63) is 53.4 Å². The molecule has 1 fully saturated rings. The van der Waals surface area contributed by atoms with Gasteiger partial charge in [-0.05, 0) is 50.5 Å². The normalized spacial score (nSPS) is 17.5. The summed E-state index contributed by atoms with van der Waals surface area (Å²) < 4.78 is 2.06. The smallest absolute Gasteiger partial charge is 0.335 e. The van der Waals surface area contributed by atoms with E-state index in [1.807, 2.05) is 13.1 Å². The van der Waals surface area contributed by atoms with Crippen molar-refractivity contribution in [3.8, 4) is 0 Å². The molecule has 0 amide bonds. The summed E-state index contributed by atoms with van der Waals surface area (Å²) in [5, 5.41) is 18.6. The molecule has 0 aromatic carbocycles. The van der Waals surface area contributed by atoms with Gasteiger partial charge in [0.25, 0.3) is 0 Å². The average Bonchev–Trinajstić information content (AvgIpc) is 2.80. The van der Waals surface area contributed by atoms with Gasteiger partial charge in [0.2, 0.25) is 0 Å². The summed E-state index contributed by atoms with van der Waals surface area (Å²) >= 11 is 0. The molecule has 2 N–H and O–H groups in total. The summed E-state index contributed by atoms with van der Waals surface area (Å²) in [6.45, 7) is 10.3. The van der Waals surface area contributed by atoms with Crippen molar-refractivity contribution in [1.29, 1.82) is 0 Å². The van der Waals surface area contributed by atoms with E-state index >= 15 is 0 Å². The zero-order chi connectivity index (χ0) is 17.7. The third-order valence-corrected chi connectivity index (χ3v) is 4.52. The van der Waals surface area contributed by atoms with E-state index < -0.39 is 5.97 Å². The first kappa shape index (κ1) is 18.2. The SMILES string of the molecule is C=C/C(=C\C=C\n1c(C)cc(CN2CCC(O)CC2)c1C)C(=O)O. The van der Waals surface area contributed by atoms with E-state index in [0.717, 1.165) is 43.9 Å². The second kappa shape index (κ2) is 8.13. The van der Waals surface area contributed by atoms with Crippen LogP contribution in [0.2, 0.25) is 0 Å². The number of hydrogen-bond acceptors (Lipinski definition) is 3. The van der Waals surface area contributed by atoms with Crippen molar-refractivity contribution in [3.63, 3.8) is 0 Å². The van der Waals surface area contributed by atoms with Gasteiger partial charge in [-0.15, -0.1) is 0 Å². The number of rotatable bonds is 6. The van der Waals surface area contributed by atoms with Crippen LogP contribution >= 0.6 is 0 Å². The Morgan fingerprint density at radius 3 is 2.62 bits per heavy atom. The summed E-state index contributed by atoms with van der Waals surface area (Å²) in [5.74, 6) is -0.983. The molecule has 5 heteroatoms. The summed E-state index contributed by atoms with van der Waals surface area (Å²) in [5.41, 5.74) is 3.69. The molecule has 0 saturated carbocycles. The maximum Gasteiger partial charge on any atom is 0.335 e. The van der Waals surface area contributed by atoms with Crippen LogP contribution in [0, 0.1) is 13.8 Å². The number of piperidine rings is 1. The highest BCUT2D eigenvalue weighted by Crippen LogP contribution is 2.20. The van der Waals surface area contributed by atoms with Crippen molar-refractivity contribution < 1.29 is 15.0 Å². The molecule has 0 unspecified atom stereocenters. The van der Waals surface area contributed by atoms with Crippen LogP contribution in [0.4, 0.5) is 0 Å². The lowest BCUT2D eigenvalue weighted by Gasteiger charge is -2.29. The molecule has 130 valence electrons. The Balaban J connectivity index is 2.11. The monoisotopic (exact) mass is 330 g/mol. The lowest BCUT2D eigenvalue weighted by atomic mass is 10.1. The standard InChI is InChI=1S/C19H26N2O3/c1-4-16(19(23)24)6-5-9-21-14(2)12-17(15(21)3)13-20-10-7-18(22)8-11-20/h4-6,9,12,18,22H,1,7-8,10-11,13H2,2-3H3,(H,23,24)/b9-5+,16-6+. The second-order valence-corrected chi connectivity index (χ2v) is 6.25. The molecular formula is C19H26N2O3. The van der Waals surface area contributed by atoms with E-state index in [-0.39, 0.29) is 11.7 Å². The fraction of sp³-hybridized carbons (Fsp3) is 0.421. The minimum atomic E-state index is -0.983. The number of carboxylic acids is 1. The van der Waals surface area contributed by atoms with Crippen molar-refractivity contribution in [1.82, 2.24) is 9.47 Å². The van der Waals surface area contributed by atoms with Gasteiger partial charge in [-0.3, -0.25) is 4.90 Å². The summed E-state index contributed by atoms with van der Waals surface area (Å²) in [6, 6.07) is 2.17. The van der Waals surface area contributed by atoms with E-state index in [1.54, 1.807) is 12.2 Å². The molecule has 1 aliphatic heterocycles. The zero-order valence-corrected chi connectivity index (χ0v) is 14.4. The molecule has 0 aliphatic carbocycles. The van der Waals surface area contributed by atoms with Crippen molar-refractivity contribution >= 4 is 12.2 Å². The summed E-state index contributed by atoms with van der Waals surface area (Å²) in [4.78, 5) is 13.3. The van der Waals surface area contributed by atoms with Crippen LogP contribution in [0.5, 0.6) is 0 Å². The molecule has 1 aromatic heterocycles. The van der Waals surface area contributed by atoms with E-state index in [2.05, 4.69) is 29.0 Å². The van der Waals surface area contributed by atoms with Gasteiger partial charge in [0, 0.05) is 37.2 Å². The topological polar surface area (TPSA) is 65.7 Å². The van der Waals surface area contributed by atoms with Gasteiger partial charge in [0.05, 0.1) is 11.7 Å². The minimum Gasteiger partial charge on any atom is -0.478 e. The maximum atomic E-state index is 11.0. The van der Waals surface area contributed by atoms with Crippen molar-refractivity contribution in [2.75, 3.05) is 13.1 Å². The van der Waals surface area contributed by atoms with Gasteiger partial charge in [0.15, 0.2) is 0 Å². The first-order valence-electron chi connectivity index (χ1n) is 8.24. The van der Waals surface area contributed by atoms with Gasteiger partial charge in [-0.2, -0.15) is 0 Å². The first-order chi connectivity index (χ1) is 11.4. The molecule has 1 aromatic rings. The third kappa shape index (κ3) is 4.46. The number of nitrogens with zero attached hydrogens (tertiary/aromatic N) is 2. The third-order valence-electron chi connectivity index (χ3n) is 4.52. The Labute approximate surface area is 143 Å². The number of allylic oxidation sites excluding steroid dienone is 2. The van der Waals surface area contributed by atoms with Crippen LogP contribution in [0.15, 0.2) is 36.4 Å². The Hall–Kier alpha value is -2.11. The molecule has 5 nitrogen and oxygen atoms in total. The van der Waals surface area contributed by atoms with Gasteiger partial charge in [0.1, 0.15) is 0 Å². The van der Waals surface area contributed by atoms with E-state index in [4.69, 9.17) is 5.11 Å². The van der Waals surface area contributed by atoms with Crippen LogP contribution in [-0.2, 0) is 11.3 Å². The quantitative estimate of drug-likeness (QED) is 0.622. The van der Waals surface area contributed by atoms with Gasteiger partial charge in [-0.1, -0.05) is 12.7 Å². The lowest BCUT2D eigenvalue weighted by molar-refractivity contribution is -0.132. The number of aromatic nitrogens is 1. The molecule has 0 radical (unpaired) electrons. The number of carbonyl (C=O) groups is 1. The van der Waals surface area contributed by atoms with Gasteiger partial charge < -0.3 is 14.8 Å². The van der Waals surface area contributed by atoms with Crippen LogP contribution in [0.25, 0.3) is 6.20 Å². The Kier molecular flexibility index (Phi) is 6.17. The number of aryl methyl sites for hydroxylation is 1. The summed E-state index contributed by atoms with van der Waals surface area (Å²) in [6.07, 6.45) is 7.99. The Morgan fingerprint density at radius 2 is 2.04 bits per heavy atom. The fourth-order valence-corrected chi connectivity index (χ4v) is 3.01. The number of aliphatic hydroxyl groups excluding tert-OH is 1. The van der Waals surface area contributed by atoms with Gasteiger partial charge in [-0.25, -0.2) is 4.79 Å². The van der Waals surface area contributed by atoms with Gasteiger partial charge >= 0.3 is 5.97 Å². The average molecular weight is 330 g/mol. The second-order valence-electron chi connectivity index (χ2n) is 6.25. The molecule has 2 rings (SSSR count). The minimum absolute atomic E-state index is 0.156. The highest BCUT2D eigenvalue weighted by atomic mass is 16.4. The molecular weight excluding hydrogens is 304 g/mol. The number of likely N-dealkylation sites (tertiary alicyclic amines) is 1. The van der Waals surface area contributed by atoms with Crippen LogP contribution < -0.4 is 0 Å². The van der Waals surface area contributed by atoms with Crippen LogP contribution in [0.3, 0.4) is 0 Å². The molecule has 1 aliphatic rings. The van der Waals surface area contributed by atoms with Crippen LogP contribution in [0.1, 0.15) is 29.8 Å². The lowest BCUT2D eigenvalue weighted by Crippen LogP contribution is -2.35. The predicted octanol–water partition coefficient (Wildman–Crippen LogP) is 2.73. The van der Waals surface area contributed by atoms with E-state index in [0.29, 0.717) is 0 Å². The van der Waals surface area contributed by atoms with Crippen LogP contribution in [-0.4, -0.2) is 44.8 Å². The molecule has 24 heavy (non-hydrogen) atoms. The van der Waals surface area contributed by atoms with E-state index in [1.165, 1.54) is 11.6 Å². The molecule has 0 spiro atoms. The zero-order valence-electron chi connectivity index (χ0n) is 14.4.